The van der Waals surface area contributed by atoms with Gasteiger partial charge in [0.2, 0.25) is 5.91 Å². The smallest absolute Gasteiger partial charge is 0.236 e. The van der Waals surface area contributed by atoms with E-state index in [-0.39, 0.29) is 18.0 Å². The number of aryl methyl sites for hydroxylation is 1. The highest BCUT2D eigenvalue weighted by Gasteiger charge is 2.26. The van der Waals surface area contributed by atoms with Gasteiger partial charge in [-0.15, -0.1) is 11.3 Å². The van der Waals surface area contributed by atoms with Gasteiger partial charge in [-0.1, -0.05) is 6.07 Å². The molecule has 0 fully saturated rings. The molecule has 130 valence electrons. The number of rotatable bonds is 7. The Morgan fingerprint density at radius 1 is 1.54 bits per heavy atom. The second-order valence-electron chi connectivity index (χ2n) is 6.32. The fourth-order valence-electron chi connectivity index (χ4n) is 3.36. The number of carbonyl (C=O) groups excluding carboxylic acids is 1. The van der Waals surface area contributed by atoms with Crippen molar-refractivity contribution in [2.24, 2.45) is 0 Å². The van der Waals surface area contributed by atoms with Crippen molar-refractivity contribution >= 4 is 17.2 Å². The van der Waals surface area contributed by atoms with E-state index in [0.29, 0.717) is 6.54 Å². The second-order valence-corrected chi connectivity index (χ2v) is 7.35. The summed E-state index contributed by atoms with van der Waals surface area (Å²) in [5.74, 6) is 0.0709. The number of hydrogen-bond donors (Lipinski definition) is 2. The molecule has 0 saturated heterocycles. The molecule has 0 spiro atoms. The fourth-order valence-corrected chi connectivity index (χ4v) is 4.07. The summed E-state index contributed by atoms with van der Waals surface area (Å²) in [7, 11) is 0. The lowest BCUT2D eigenvalue weighted by Gasteiger charge is -2.27. The van der Waals surface area contributed by atoms with Gasteiger partial charge in [0, 0.05) is 35.3 Å². The average Bonchev–Trinajstić information content (AvgIpc) is 3.24. The number of hydrogen-bond acceptors (Lipinski definition) is 4. The van der Waals surface area contributed by atoms with E-state index in [1.165, 1.54) is 16.1 Å². The Morgan fingerprint density at radius 3 is 3.17 bits per heavy atom. The lowest BCUT2D eigenvalue weighted by atomic mass is 9.92. The fraction of sp³-hybridized carbons (Fsp3) is 0.556. The standard InChI is InChI=1S/C18H26N4OS/c1-3-22-17-8-4-7-16(15(17)12-20-22)21-13(2)18(23)19-10-9-14-6-5-11-24-14/h5-6,11-13,16,21H,3-4,7-10H2,1-2H3,(H,19,23)/t13-,16+/m1/s1. The van der Waals surface area contributed by atoms with E-state index in [9.17, 15) is 4.79 Å². The predicted molar refractivity (Wildman–Crippen MR) is 97.2 cm³/mol. The maximum atomic E-state index is 12.3. The van der Waals surface area contributed by atoms with Gasteiger partial charge >= 0.3 is 0 Å². The number of nitrogens with one attached hydrogen (secondary N) is 2. The average molecular weight is 347 g/mol. The van der Waals surface area contributed by atoms with Crippen LogP contribution >= 0.6 is 11.3 Å². The largest absolute Gasteiger partial charge is 0.354 e. The molecule has 6 heteroatoms. The van der Waals surface area contributed by atoms with E-state index < -0.39 is 0 Å². The highest BCUT2D eigenvalue weighted by atomic mass is 32.1. The SMILES string of the molecule is CCn1ncc2c1CCC[C@@H]2N[C@H](C)C(=O)NCCc1cccs1. The summed E-state index contributed by atoms with van der Waals surface area (Å²) in [6.07, 6.45) is 6.16. The van der Waals surface area contributed by atoms with E-state index in [1.807, 2.05) is 19.2 Å². The topological polar surface area (TPSA) is 59.0 Å². The monoisotopic (exact) mass is 346 g/mol. The maximum Gasteiger partial charge on any atom is 0.236 e. The highest BCUT2D eigenvalue weighted by Crippen LogP contribution is 2.29. The van der Waals surface area contributed by atoms with Gasteiger partial charge in [-0.3, -0.25) is 14.8 Å². The van der Waals surface area contributed by atoms with Crippen molar-refractivity contribution in [2.45, 2.75) is 58.2 Å². The number of fused-ring (bicyclic) bond motifs is 1. The van der Waals surface area contributed by atoms with Crippen LogP contribution in [0.1, 0.15) is 48.9 Å². The van der Waals surface area contributed by atoms with Gasteiger partial charge in [-0.25, -0.2) is 0 Å². The zero-order chi connectivity index (χ0) is 16.9. The van der Waals surface area contributed by atoms with Gasteiger partial charge in [0.25, 0.3) is 0 Å². The molecule has 1 aliphatic rings. The van der Waals surface area contributed by atoms with Gasteiger partial charge < -0.3 is 5.32 Å². The zero-order valence-electron chi connectivity index (χ0n) is 14.4. The number of amides is 1. The second kappa shape index (κ2) is 7.94. The minimum absolute atomic E-state index is 0.0709. The van der Waals surface area contributed by atoms with Crippen molar-refractivity contribution in [3.63, 3.8) is 0 Å². The minimum Gasteiger partial charge on any atom is -0.354 e. The van der Waals surface area contributed by atoms with Crippen molar-refractivity contribution < 1.29 is 4.79 Å². The van der Waals surface area contributed by atoms with Crippen LogP contribution in [0.5, 0.6) is 0 Å². The van der Waals surface area contributed by atoms with Crippen LogP contribution in [0, 0.1) is 0 Å². The molecule has 0 unspecified atom stereocenters. The van der Waals surface area contributed by atoms with Crippen LogP contribution in [0.4, 0.5) is 0 Å². The molecule has 0 radical (unpaired) electrons. The summed E-state index contributed by atoms with van der Waals surface area (Å²) in [6, 6.07) is 4.18. The van der Waals surface area contributed by atoms with E-state index in [4.69, 9.17) is 0 Å². The highest BCUT2D eigenvalue weighted by molar-refractivity contribution is 7.09. The molecule has 0 bridgehead atoms. The maximum absolute atomic E-state index is 12.3. The summed E-state index contributed by atoms with van der Waals surface area (Å²) < 4.78 is 2.08. The summed E-state index contributed by atoms with van der Waals surface area (Å²) in [4.78, 5) is 13.6. The van der Waals surface area contributed by atoms with Gasteiger partial charge in [-0.05, 0) is 51.0 Å². The van der Waals surface area contributed by atoms with Gasteiger partial charge in [0.1, 0.15) is 0 Å². The van der Waals surface area contributed by atoms with Crippen LogP contribution in [-0.2, 0) is 24.2 Å². The normalized spacial score (nSPS) is 18.2. The molecule has 0 aromatic carbocycles. The van der Waals surface area contributed by atoms with Crippen LogP contribution in [0.25, 0.3) is 0 Å². The molecule has 0 saturated carbocycles. The molecular weight excluding hydrogens is 320 g/mol. The molecule has 1 amide bonds. The van der Waals surface area contributed by atoms with Crippen molar-refractivity contribution in [3.05, 3.63) is 39.8 Å². The molecule has 1 aliphatic carbocycles. The van der Waals surface area contributed by atoms with Gasteiger partial charge in [0.05, 0.1) is 12.2 Å². The molecule has 2 heterocycles. The first kappa shape index (κ1) is 17.2. The first-order chi connectivity index (χ1) is 11.7. The molecule has 2 atom stereocenters. The zero-order valence-corrected chi connectivity index (χ0v) is 15.2. The minimum atomic E-state index is -0.200. The number of aromatic nitrogens is 2. The number of carbonyl (C=O) groups is 1. The van der Waals surface area contributed by atoms with E-state index in [2.05, 4.69) is 38.8 Å². The summed E-state index contributed by atoms with van der Waals surface area (Å²) >= 11 is 1.73. The molecular formula is C18H26N4OS. The Morgan fingerprint density at radius 2 is 2.42 bits per heavy atom. The van der Waals surface area contributed by atoms with Crippen LogP contribution in [0.2, 0.25) is 0 Å². The van der Waals surface area contributed by atoms with E-state index in [0.717, 1.165) is 32.2 Å². The number of thiophene rings is 1. The molecule has 5 nitrogen and oxygen atoms in total. The molecule has 0 aliphatic heterocycles. The van der Waals surface area contributed by atoms with E-state index >= 15 is 0 Å². The van der Waals surface area contributed by atoms with Crippen molar-refractivity contribution in [1.29, 1.82) is 0 Å². The van der Waals surface area contributed by atoms with Crippen molar-refractivity contribution in [1.82, 2.24) is 20.4 Å². The van der Waals surface area contributed by atoms with Gasteiger partial charge in [-0.2, -0.15) is 5.10 Å². The quantitative estimate of drug-likeness (QED) is 0.810. The third-order valence-corrected chi connectivity index (χ3v) is 5.59. The lowest BCUT2D eigenvalue weighted by Crippen LogP contribution is -2.44. The molecule has 3 rings (SSSR count). The number of nitrogens with zero attached hydrogens (tertiary/aromatic N) is 2. The van der Waals surface area contributed by atoms with Crippen LogP contribution in [-0.4, -0.2) is 28.3 Å². The van der Waals surface area contributed by atoms with Crippen molar-refractivity contribution in [2.75, 3.05) is 6.54 Å². The Hall–Kier alpha value is -1.66. The Kier molecular flexibility index (Phi) is 5.68. The summed E-state index contributed by atoms with van der Waals surface area (Å²) in [6.45, 7) is 5.66. The van der Waals surface area contributed by atoms with Crippen molar-refractivity contribution in [3.8, 4) is 0 Å². The van der Waals surface area contributed by atoms with Crippen LogP contribution in [0.15, 0.2) is 23.7 Å². The first-order valence-corrected chi connectivity index (χ1v) is 9.67. The third kappa shape index (κ3) is 3.87. The molecule has 2 aromatic heterocycles. The Bertz CT molecular complexity index is 665. The molecule has 2 N–H and O–H groups in total. The summed E-state index contributed by atoms with van der Waals surface area (Å²) in [5, 5.41) is 13.1. The molecule has 2 aromatic rings. The van der Waals surface area contributed by atoms with Crippen LogP contribution < -0.4 is 10.6 Å². The third-order valence-electron chi connectivity index (χ3n) is 4.66. The van der Waals surface area contributed by atoms with Gasteiger partial charge in [0.15, 0.2) is 0 Å². The first-order valence-electron chi connectivity index (χ1n) is 8.79. The lowest BCUT2D eigenvalue weighted by molar-refractivity contribution is -0.122. The van der Waals surface area contributed by atoms with E-state index in [1.54, 1.807) is 11.3 Å². The predicted octanol–water partition coefficient (Wildman–Crippen LogP) is 2.68. The van der Waals surface area contributed by atoms with Crippen LogP contribution in [0.3, 0.4) is 0 Å². The summed E-state index contributed by atoms with van der Waals surface area (Å²) in [5.41, 5.74) is 2.59. The Balaban J connectivity index is 1.52. The Labute approximate surface area is 147 Å². The molecule has 24 heavy (non-hydrogen) atoms.